The molecule has 0 spiro atoms. The fourth-order valence-corrected chi connectivity index (χ4v) is 2.55. The van der Waals surface area contributed by atoms with E-state index in [2.05, 4.69) is 15.4 Å². The summed E-state index contributed by atoms with van der Waals surface area (Å²) in [6.45, 7) is 0.593. The average molecular weight is 352 g/mol. The highest BCUT2D eigenvalue weighted by Crippen LogP contribution is 2.25. The van der Waals surface area contributed by atoms with E-state index in [4.69, 9.17) is 9.47 Å². The van der Waals surface area contributed by atoms with Crippen LogP contribution in [0.1, 0.15) is 11.1 Å². The molecule has 26 heavy (non-hydrogen) atoms. The van der Waals surface area contributed by atoms with Crippen LogP contribution in [0, 0.1) is 0 Å². The Bertz CT molecular complexity index is 878. The molecule has 134 valence electrons. The van der Waals surface area contributed by atoms with Crippen LogP contribution in [0.2, 0.25) is 0 Å². The molecular formula is C19H20N4O3. The number of methoxy groups -OCH3 is 2. The number of nitrogens with zero attached hydrogens (tertiary/aromatic N) is 3. The summed E-state index contributed by atoms with van der Waals surface area (Å²) in [4.78, 5) is 16.4. The SMILES string of the molecule is COc1ccc(CC(=O)Nc2ccn(Cc3cccnc3)n2)c(OC)c1. The molecule has 0 bridgehead atoms. The van der Waals surface area contributed by atoms with E-state index in [1.165, 1.54) is 0 Å². The molecule has 1 N–H and O–H groups in total. The summed E-state index contributed by atoms with van der Waals surface area (Å²) in [5.41, 5.74) is 1.82. The molecule has 0 fully saturated rings. The van der Waals surface area contributed by atoms with E-state index in [0.29, 0.717) is 23.9 Å². The first-order chi connectivity index (χ1) is 12.7. The van der Waals surface area contributed by atoms with Crippen molar-refractivity contribution in [3.8, 4) is 11.5 Å². The van der Waals surface area contributed by atoms with E-state index in [1.807, 2.05) is 24.4 Å². The Hall–Kier alpha value is -3.35. The molecule has 3 rings (SSSR count). The molecule has 0 aliphatic heterocycles. The van der Waals surface area contributed by atoms with E-state index >= 15 is 0 Å². The summed E-state index contributed by atoms with van der Waals surface area (Å²) < 4.78 is 12.2. The Morgan fingerprint density at radius 2 is 2.08 bits per heavy atom. The molecule has 0 aliphatic rings. The Labute approximate surface area is 151 Å². The van der Waals surface area contributed by atoms with Crippen LogP contribution in [-0.2, 0) is 17.8 Å². The van der Waals surface area contributed by atoms with E-state index in [-0.39, 0.29) is 12.3 Å². The number of carbonyl (C=O) groups is 1. The lowest BCUT2D eigenvalue weighted by molar-refractivity contribution is -0.115. The molecule has 0 radical (unpaired) electrons. The van der Waals surface area contributed by atoms with Crippen molar-refractivity contribution < 1.29 is 14.3 Å². The largest absolute Gasteiger partial charge is 0.497 e. The van der Waals surface area contributed by atoms with Crippen molar-refractivity contribution in [1.82, 2.24) is 14.8 Å². The van der Waals surface area contributed by atoms with Crippen LogP contribution >= 0.6 is 0 Å². The standard InChI is InChI=1S/C19H20N4O3/c1-25-16-6-5-15(17(11-16)26-2)10-19(24)21-18-7-9-23(22-18)13-14-4-3-8-20-12-14/h3-9,11-12H,10,13H2,1-2H3,(H,21,22,24). The monoisotopic (exact) mass is 352 g/mol. The molecule has 0 saturated heterocycles. The first-order valence-corrected chi connectivity index (χ1v) is 8.11. The predicted octanol–water partition coefficient (Wildman–Crippen LogP) is 2.52. The molecule has 7 nitrogen and oxygen atoms in total. The van der Waals surface area contributed by atoms with Crippen molar-refractivity contribution in [3.63, 3.8) is 0 Å². The molecule has 0 unspecified atom stereocenters. The molecule has 0 saturated carbocycles. The van der Waals surface area contributed by atoms with Gasteiger partial charge in [-0.15, -0.1) is 0 Å². The Morgan fingerprint density at radius 1 is 1.19 bits per heavy atom. The molecule has 2 aromatic heterocycles. The van der Waals surface area contributed by atoms with Gasteiger partial charge in [0.15, 0.2) is 5.82 Å². The highest BCUT2D eigenvalue weighted by atomic mass is 16.5. The number of anilines is 1. The quantitative estimate of drug-likeness (QED) is 0.707. The van der Waals surface area contributed by atoms with Gasteiger partial charge in [0.05, 0.1) is 27.2 Å². The number of nitrogens with one attached hydrogen (secondary N) is 1. The predicted molar refractivity (Wildman–Crippen MR) is 97.4 cm³/mol. The number of pyridine rings is 1. The fraction of sp³-hybridized carbons (Fsp3) is 0.211. The van der Waals surface area contributed by atoms with Gasteiger partial charge in [0.25, 0.3) is 0 Å². The second kappa shape index (κ2) is 8.15. The first kappa shape index (κ1) is 17.5. The fourth-order valence-electron chi connectivity index (χ4n) is 2.55. The van der Waals surface area contributed by atoms with Gasteiger partial charge >= 0.3 is 0 Å². The third-order valence-electron chi connectivity index (χ3n) is 3.82. The Kier molecular flexibility index (Phi) is 5.48. The number of hydrogen-bond donors (Lipinski definition) is 1. The van der Waals surface area contributed by atoms with Crippen LogP contribution in [0.25, 0.3) is 0 Å². The molecule has 1 aromatic carbocycles. The number of benzene rings is 1. The molecule has 2 heterocycles. The maximum Gasteiger partial charge on any atom is 0.230 e. The van der Waals surface area contributed by atoms with Gasteiger partial charge in [-0.05, 0) is 17.7 Å². The Balaban J connectivity index is 1.62. The van der Waals surface area contributed by atoms with Crippen molar-refractivity contribution in [2.24, 2.45) is 0 Å². The summed E-state index contributed by atoms with van der Waals surface area (Å²) in [5.74, 6) is 1.63. The smallest absolute Gasteiger partial charge is 0.230 e. The number of carbonyl (C=O) groups excluding carboxylic acids is 1. The zero-order valence-corrected chi connectivity index (χ0v) is 14.7. The van der Waals surface area contributed by atoms with E-state index < -0.39 is 0 Å². The molecule has 7 heteroatoms. The minimum Gasteiger partial charge on any atom is -0.497 e. The molecule has 0 aliphatic carbocycles. The van der Waals surface area contributed by atoms with Crippen molar-refractivity contribution in [2.45, 2.75) is 13.0 Å². The van der Waals surface area contributed by atoms with Crippen LogP contribution in [0.4, 0.5) is 5.82 Å². The summed E-state index contributed by atoms with van der Waals surface area (Å²) in [7, 11) is 3.15. The number of amides is 1. The van der Waals surface area contributed by atoms with E-state index in [0.717, 1.165) is 11.1 Å². The average Bonchev–Trinajstić information content (AvgIpc) is 3.09. The molecular weight excluding hydrogens is 332 g/mol. The summed E-state index contributed by atoms with van der Waals surface area (Å²) in [6.07, 6.45) is 5.51. The maximum atomic E-state index is 12.3. The van der Waals surface area contributed by atoms with Gasteiger partial charge in [0.2, 0.25) is 5.91 Å². The maximum absolute atomic E-state index is 12.3. The van der Waals surface area contributed by atoms with Gasteiger partial charge in [-0.25, -0.2) is 0 Å². The molecule has 3 aromatic rings. The van der Waals surface area contributed by atoms with Gasteiger partial charge < -0.3 is 14.8 Å². The van der Waals surface area contributed by atoms with Crippen molar-refractivity contribution in [2.75, 3.05) is 19.5 Å². The summed E-state index contributed by atoms with van der Waals surface area (Å²) in [5, 5.41) is 7.17. The van der Waals surface area contributed by atoms with Crippen molar-refractivity contribution in [1.29, 1.82) is 0 Å². The second-order valence-electron chi connectivity index (χ2n) is 5.66. The normalized spacial score (nSPS) is 10.4. The van der Waals surface area contributed by atoms with Gasteiger partial charge in [-0.3, -0.25) is 14.5 Å². The minimum atomic E-state index is -0.167. The van der Waals surface area contributed by atoms with Crippen LogP contribution in [-0.4, -0.2) is 34.9 Å². The number of ether oxygens (including phenoxy) is 2. The van der Waals surface area contributed by atoms with Gasteiger partial charge in [-0.2, -0.15) is 5.10 Å². The van der Waals surface area contributed by atoms with Crippen molar-refractivity contribution in [3.05, 3.63) is 66.1 Å². The van der Waals surface area contributed by atoms with Gasteiger partial charge in [0, 0.05) is 36.3 Å². The first-order valence-electron chi connectivity index (χ1n) is 8.11. The van der Waals surface area contributed by atoms with Gasteiger partial charge in [0.1, 0.15) is 11.5 Å². The third kappa shape index (κ3) is 4.38. The number of hydrogen-bond acceptors (Lipinski definition) is 5. The van der Waals surface area contributed by atoms with E-state index in [9.17, 15) is 4.79 Å². The Morgan fingerprint density at radius 3 is 2.81 bits per heavy atom. The summed E-state index contributed by atoms with van der Waals surface area (Å²) >= 11 is 0. The molecule has 0 atom stereocenters. The van der Waals surface area contributed by atoms with Crippen molar-refractivity contribution >= 4 is 11.7 Å². The highest BCUT2D eigenvalue weighted by molar-refractivity contribution is 5.91. The van der Waals surface area contributed by atoms with Crippen LogP contribution in [0.15, 0.2) is 55.0 Å². The van der Waals surface area contributed by atoms with Gasteiger partial charge in [-0.1, -0.05) is 12.1 Å². The zero-order chi connectivity index (χ0) is 18.4. The van der Waals surface area contributed by atoms with E-state index in [1.54, 1.807) is 49.5 Å². The van der Waals surface area contributed by atoms with Crippen LogP contribution < -0.4 is 14.8 Å². The molecule has 1 amide bonds. The lowest BCUT2D eigenvalue weighted by Gasteiger charge is -2.10. The number of aromatic nitrogens is 3. The van der Waals surface area contributed by atoms with Crippen LogP contribution in [0.3, 0.4) is 0 Å². The minimum absolute atomic E-state index is 0.167. The summed E-state index contributed by atoms with van der Waals surface area (Å²) in [6, 6.07) is 11.0. The lowest BCUT2D eigenvalue weighted by atomic mass is 10.1. The highest BCUT2D eigenvalue weighted by Gasteiger charge is 2.11. The second-order valence-corrected chi connectivity index (χ2v) is 5.66. The number of rotatable bonds is 7. The third-order valence-corrected chi connectivity index (χ3v) is 3.82. The topological polar surface area (TPSA) is 78.3 Å². The lowest BCUT2D eigenvalue weighted by Crippen LogP contribution is -2.15. The zero-order valence-electron chi connectivity index (χ0n) is 14.7. The van der Waals surface area contributed by atoms with Crippen LogP contribution in [0.5, 0.6) is 11.5 Å².